The van der Waals surface area contributed by atoms with Gasteiger partial charge in [-0.2, -0.15) is 8.78 Å². The molecule has 0 spiro atoms. The van der Waals surface area contributed by atoms with Gasteiger partial charge in [-0.15, -0.1) is 23.4 Å². The molecular weight excluding hydrogens is 600 g/mol. The standard InChI is InChI=1S/C26H25F6N9O3/c1-25(28,29)21-6-5-17(11-33-21)12-34-24(43)20-14-40(38-36-20)8-7-18(27)13-41-15-22(37-39-41)35-23(42)10-16-3-2-4-19(9-16)44-26(30,31)32/h2-6,9,11,14-15,18H,7-8,10,12-13H2,1H3,(H,34,43)(H,35,42). The number of aromatic nitrogens is 7. The van der Waals surface area contributed by atoms with Crippen molar-refractivity contribution in [2.75, 3.05) is 5.32 Å². The summed E-state index contributed by atoms with van der Waals surface area (Å²) in [6.45, 7) is 0.618. The van der Waals surface area contributed by atoms with Crippen LogP contribution in [-0.4, -0.2) is 59.3 Å². The summed E-state index contributed by atoms with van der Waals surface area (Å²) < 4.78 is 84.6. The lowest BCUT2D eigenvalue weighted by Gasteiger charge is -2.10. The van der Waals surface area contributed by atoms with E-state index in [1.54, 1.807) is 0 Å². The Hall–Kier alpha value is -5.03. The van der Waals surface area contributed by atoms with Gasteiger partial charge in [0, 0.05) is 32.6 Å². The molecule has 44 heavy (non-hydrogen) atoms. The minimum Gasteiger partial charge on any atom is -0.406 e. The van der Waals surface area contributed by atoms with Gasteiger partial charge < -0.3 is 15.4 Å². The quantitative estimate of drug-likeness (QED) is 0.214. The summed E-state index contributed by atoms with van der Waals surface area (Å²) in [4.78, 5) is 28.3. The molecule has 1 aromatic carbocycles. The van der Waals surface area contributed by atoms with Crippen LogP contribution in [0.15, 0.2) is 55.0 Å². The molecule has 0 saturated heterocycles. The summed E-state index contributed by atoms with van der Waals surface area (Å²) in [5, 5.41) is 20.1. The molecule has 2 N–H and O–H groups in total. The Morgan fingerprint density at radius 2 is 1.77 bits per heavy atom. The average molecular weight is 626 g/mol. The number of nitrogens with zero attached hydrogens (tertiary/aromatic N) is 7. The van der Waals surface area contributed by atoms with Gasteiger partial charge in [0.05, 0.1) is 25.4 Å². The maximum absolute atomic E-state index is 14.6. The molecule has 0 aliphatic heterocycles. The van der Waals surface area contributed by atoms with Crippen molar-refractivity contribution < 1.29 is 40.7 Å². The fourth-order valence-corrected chi connectivity index (χ4v) is 3.81. The first kappa shape index (κ1) is 31.9. The van der Waals surface area contributed by atoms with E-state index in [2.05, 4.69) is 41.0 Å². The van der Waals surface area contributed by atoms with E-state index in [0.29, 0.717) is 5.56 Å². The molecule has 0 bridgehead atoms. The number of hydrogen-bond acceptors (Lipinski definition) is 8. The van der Waals surface area contributed by atoms with Crippen LogP contribution in [0, 0.1) is 0 Å². The normalized spacial score (nSPS) is 12.5. The number of benzene rings is 1. The first-order chi connectivity index (χ1) is 20.7. The molecule has 4 rings (SSSR count). The lowest BCUT2D eigenvalue weighted by atomic mass is 10.1. The molecule has 234 valence electrons. The summed E-state index contributed by atoms with van der Waals surface area (Å²) in [5.74, 6) is -4.67. The highest BCUT2D eigenvalue weighted by atomic mass is 19.4. The molecule has 2 amide bonds. The van der Waals surface area contributed by atoms with E-state index in [9.17, 15) is 35.9 Å². The summed E-state index contributed by atoms with van der Waals surface area (Å²) >= 11 is 0. The van der Waals surface area contributed by atoms with Crippen LogP contribution in [0.25, 0.3) is 0 Å². The van der Waals surface area contributed by atoms with E-state index in [4.69, 9.17) is 0 Å². The second-order valence-electron chi connectivity index (χ2n) is 9.62. The molecule has 0 fully saturated rings. The Morgan fingerprint density at radius 1 is 1.00 bits per heavy atom. The molecular formula is C26H25F6N9O3. The van der Waals surface area contributed by atoms with E-state index in [1.807, 2.05) is 0 Å². The van der Waals surface area contributed by atoms with Crippen LogP contribution >= 0.6 is 0 Å². The molecule has 1 unspecified atom stereocenters. The third kappa shape index (κ3) is 9.77. The van der Waals surface area contributed by atoms with Crippen LogP contribution in [0.2, 0.25) is 0 Å². The molecule has 18 heteroatoms. The summed E-state index contributed by atoms with van der Waals surface area (Å²) in [5.41, 5.74) is 0.350. The van der Waals surface area contributed by atoms with Gasteiger partial charge in [-0.1, -0.05) is 28.6 Å². The van der Waals surface area contributed by atoms with Crippen molar-refractivity contribution in [2.24, 2.45) is 0 Å². The van der Waals surface area contributed by atoms with E-state index < -0.39 is 36.0 Å². The van der Waals surface area contributed by atoms with Gasteiger partial charge in [-0.05, 0) is 29.3 Å². The molecule has 0 aliphatic rings. The van der Waals surface area contributed by atoms with Crippen molar-refractivity contribution in [1.29, 1.82) is 0 Å². The van der Waals surface area contributed by atoms with E-state index in [1.165, 1.54) is 52.2 Å². The number of halogens is 6. The fraction of sp³-hybridized carbons (Fsp3) is 0.346. The van der Waals surface area contributed by atoms with Crippen LogP contribution < -0.4 is 15.4 Å². The molecule has 0 aliphatic carbocycles. The molecule has 1 atom stereocenters. The molecule has 3 aromatic heterocycles. The SMILES string of the molecule is CC(F)(F)c1ccc(CNC(=O)c2cn(CCC(F)Cn3cc(NC(=O)Cc4cccc(OC(F)(F)F)c4)nn3)nn2)cn1. The first-order valence-corrected chi connectivity index (χ1v) is 12.9. The number of anilines is 1. The zero-order valence-electron chi connectivity index (χ0n) is 22.9. The number of nitrogens with one attached hydrogen (secondary N) is 2. The summed E-state index contributed by atoms with van der Waals surface area (Å²) in [7, 11) is 0. The predicted molar refractivity (Wildman–Crippen MR) is 140 cm³/mol. The van der Waals surface area contributed by atoms with Gasteiger partial charge in [0.25, 0.3) is 11.8 Å². The highest BCUT2D eigenvalue weighted by molar-refractivity contribution is 5.92. The minimum atomic E-state index is -4.86. The van der Waals surface area contributed by atoms with Gasteiger partial charge in [0.15, 0.2) is 11.5 Å². The fourth-order valence-electron chi connectivity index (χ4n) is 3.81. The monoisotopic (exact) mass is 625 g/mol. The van der Waals surface area contributed by atoms with Gasteiger partial charge in [0.2, 0.25) is 5.91 Å². The third-order valence-electron chi connectivity index (χ3n) is 5.86. The Kier molecular flexibility index (Phi) is 9.80. The van der Waals surface area contributed by atoms with Gasteiger partial charge >= 0.3 is 6.36 Å². The number of amides is 2. The Bertz CT molecular complexity index is 1570. The van der Waals surface area contributed by atoms with Gasteiger partial charge in [-0.25, -0.2) is 9.07 Å². The minimum absolute atomic E-state index is 0.0191. The third-order valence-corrected chi connectivity index (χ3v) is 5.86. The van der Waals surface area contributed by atoms with Crippen LogP contribution in [-0.2, 0) is 36.8 Å². The van der Waals surface area contributed by atoms with E-state index in [0.717, 1.165) is 19.1 Å². The second-order valence-corrected chi connectivity index (χ2v) is 9.62. The Labute approximate surface area is 245 Å². The zero-order chi connectivity index (χ0) is 31.9. The largest absolute Gasteiger partial charge is 0.573 e. The van der Waals surface area contributed by atoms with Crippen molar-refractivity contribution in [1.82, 2.24) is 40.3 Å². The van der Waals surface area contributed by atoms with Crippen molar-refractivity contribution in [3.8, 4) is 5.75 Å². The highest BCUT2D eigenvalue weighted by Gasteiger charge is 2.31. The number of carbonyl (C=O) groups excluding carboxylic acids is 2. The van der Waals surface area contributed by atoms with E-state index >= 15 is 0 Å². The second kappa shape index (κ2) is 13.5. The molecule has 4 aromatic rings. The number of rotatable bonds is 13. The average Bonchev–Trinajstić information content (AvgIpc) is 3.59. The topological polar surface area (TPSA) is 142 Å². The lowest BCUT2D eigenvalue weighted by molar-refractivity contribution is -0.274. The molecule has 12 nitrogen and oxygen atoms in total. The Balaban J connectivity index is 1.19. The Morgan fingerprint density at radius 3 is 2.48 bits per heavy atom. The number of carbonyl (C=O) groups is 2. The number of aryl methyl sites for hydroxylation is 1. The van der Waals surface area contributed by atoms with Crippen molar-refractivity contribution in [3.63, 3.8) is 0 Å². The lowest BCUT2D eigenvalue weighted by Crippen LogP contribution is -2.23. The summed E-state index contributed by atoms with van der Waals surface area (Å²) in [6, 6.07) is 7.55. The number of hydrogen-bond donors (Lipinski definition) is 2. The van der Waals surface area contributed by atoms with Crippen LogP contribution in [0.1, 0.15) is 40.7 Å². The van der Waals surface area contributed by atoms with Gasteiger partial charge in [-0.3, -0.25) is 19.3 Å². The van der Waals surface area contributed by atoms with Crippen LogP contribution in [0.5, 0.6) is 5.75 Å². The van der Waals surface area contributed by atoms with Crippen molar-refractivity contribution in [2.45, 2.75) is 57.9 Å². The predicted octanol–water partition coefficient (Wildman–Crippen LogP) is 3.81. The number of pyridine rings is 1. The first-order valence-electron chi connectivity index (χ1n) is 12.9. The molecule has 0 saturated carbocycles. The van der Waals surface area contributed by atoms with Crippen molar-refractivity contribution >= 4 is 17.6 Å². The smallest absolute Gasteiger partial charge is 0.406 e. The highest BCUT2D eigenvalue weighted by Crippen LogP contribution is 2.25. The van der Waals surface area contributed by atoms with E-state index in [-0.39, 0.29) is 55.2 Å². The number of ether oxygens (including phenoxy) is 1. The molecule has 3 heterocycles. The zero-order valence-corrected chi connectivity index (χ0v) is 22.9. The maximum atomic E-state index is 14.6. The maximum Gasteiger partial charge on any atom is 0.573 e. The number of alkyl halides is 6. The van der Waals surface area contributed by atoms with Crippen molar-refractivity contribution in [3.05, 3.63) is 77.5 Å². The van der Waals surface area contributed by atoms with Crippen LogP contribution in [0.3, 0.4) is 0 Å². The van der Waals surface area contributed by atoms with Gasteiger partial charge in [0.1, 0.15) is 17.6 Å². The summed E-state index contributed by atoms with van der Waals surface area (Å²) in [6.07, 6.45) is -2.71. The molecule has 0 radical (unpaired) electrons. The van der Waals surface area contributed by atoms with Crippen LogP contribution in [0.4, 0.5) is 32.2 Å².